The van der Waals surface area contributed by atoms with Gasteiger partial charge in [0.15, 0.2) is 0 Å². The van der Waals surface area contributed by atoms with E-state index in [2.05, 4.69) is 0 Å². The number of thioether (sulfide) groups is 1. The molecule has 2 aromatic carbocycles. The van der Waals surface area contributed by atoms with Gasteiger partial charge in [-0.1, -0.05) is 42.1 Å². The quantitative estimate of drug-likeness (QED) is 0.664. The fourth-order valence-corrected chi connectivity index (χ4v) is 4.66. The molecule has 0 radical (unpaired) electrons. The highest BCUT2D eigenvalue weighted by molar-refractivity contribution is 8.14. The summed E-state index contributed by atoms with van der Waals surface area (Å²) >= 11 is 0.989. The second kappa shape index (κ2) is 8.93. The number of amides is 3. The summed E-state index contributed by atoms with van der Waals surface area (Å²) < 4.78 is 5.21. The van der Waals surface area contributed by atoms with Crippen molar-refractivity contribution in [3.05, 3.63) is 65.2 Å². The molecule has 0 aliphatic carbocycles. The lowest BCUT2D eigenvalue weighted by Gasteiger charge is -2.33. The van der Waals surface area contributed by atoms with Gasteiger partial charge in [0, 0.05) is 17.8 Å². The van der Waals surface area contributed by atoms with E-state index in [4.69, 9.17) is 4.74 Å². The number of esters is 1. The van der Waals surface area contributed by atoms with Crippen LogP contribution in [0.5, 0.6) is 0 Å². The lowest BCUT2D eigenvalue weighted by molar-refractivity contribution is -0.145. The summed E-state index contributed by atoms with van der Waals surface area (Å²) in [6, 6.07) is 14.4. The first-order valence-corrected chi connectivity index (χ1v) is 11.1. The van der Waals surface area contributed by atoms with Gasteiger partial charge in [-0.15, -0.1) is 0 Å². The van der Waals surface area contributed by atoms with Gasteiger partial charge in [0.05, 0.1) is 24.8 Å². The summed E-state index contributed by atoms with van der Waals surface area (Å²) in [7, 11) is 0. The average molecular weight is 439 g/mol. The number of anilines is 1. The van der Waals surface area contributed by atoms with E-state index in [1.54, 1.807) is 36.1 Å². The number of hydrogen-bond donors (Lipinski definition) is 0. The Hall–Kier alpha value is -3.13. The molecule has 0 unspecified atom stereocenters. The first kappa shape index (κ1) is 21.1. The van der Waals surface area contributed by atoms with Crippen LogP contribution in [-0.4, -0.2) is 46.8 Å². The van der Waals surface area contributed by atoms with Crippen molar-refractivity contribution in [3.63, 3.8) is 0 Å². The van der Waals surface area contributed by atoms with Crippen molar-refractivity contribution in [2.75, 3.05) is 23.8 Å². The minimum Gasteiger partial charge on any atom is -0.466 e. The number of fused-ring (bicyclic) bond motifs is 1. The number of benzene rings is 2. The molecule has 160 valence electrons. The molecule has 0 aromatic heterocycles. The molecule has 0 saturated carbocycles. The normalized spacial score (nSPS) is 18.2. The lowest BCUT2D eigenvalue weighted by atomic mass is 9.89. The highest BCUT2D eigenvalue weighted by Crippen LogP contribution is 2.36. The molecule has 0 bridgehead atoms. The third kappa shape index (κ3) is 4.20. The van der Waals surface area contributed by atoms with Crippen LogP contribution in [0, 0.1) is 0 Å². The minimum absolute atomic E-state index is 0.146. The molecule has 7 nitrogen and oxygen atoms in total. The number of hydrogen-bond acceptors (Lipinski definition) is 6. The summed E-state index contributed by atoms with van der Waals surface area (Å²) in [4.78, 5) is 52.4. The molecule has 0 N–H and O–H groups in total. The molecule has 4 rings (SSSR count). The van der Waals surface area contributed by atoms with Crippen LogP contribution in [0.25, 0.3) is 0 Å². The van der Waals surface area contributed by atoms with E-state index in [0.717, 1.165) is 17.3 Å². The second-order valence-electron chi connectivity index (χ2n) is 7.34. The predicted octanol–water partition coefficient (Wildman–Crippen LogP) is 3.58. The van der Waals surface area contributed by atoms with Gasteiger partial charge >= 0.3 is 5.97 Å². The molecule has 1 atom stereocenters. The van der Waals surface area contributed by atoms with E-state index >= 15 is 0 Å². The number of rotatable bonds is 5. The molecule has 3 amide bonds. The summed E-state index contributed by atoms with van der Waals surface area (Å²) in [6.45, 7) is 2.63. The third-order valence-electron chi connectivity index (χ3n) is 5.42. The first-order valence-electron chi connectivity index (χ1n) is 10.1. The molecule has 2 aliphatic heterocycles. The molecule has 2 aliphatic rings. The van der Waals surface area contributed by atoms with Crippen LogP contribution in [0.1, 0.15) is 40.7 Å². The topological polar surface area (TPSA) is 84.0 Å². The number of carbonyl (C=O) groups is 4. The smallest absolute Gasteiger partial charge is 0.313 e. The van der Waals surface area contributed by atoms with Crippen LogP contribution in [0.15, 0.2) is 48.5 Å². The maximum Gasteiger partial charge on any atom is 0.313 e. The van der Waals surface area contributed by atoms with Gasteiger partial charge < -0.3 is 9.64 Å². The zero-order valence-electron chi connectivity index (χ0n) is 17.1. The SMILES string of the molecule is CCOC(=O)[C@@H]1CCN(C(=O)c2cccc(CN3C(=O)CSC3=O)c2)c2ccccc21. The Balaban J connectivity index is 1.58. The van der Waals surface area contributed by atoms with Crippen LogP contribution in [0.2, 0.25) is 0 Å². The molecule has 8 heteroatoms. The van der Waals surface area contributed by atoms with E-state index in [9.17, 15) is 19.2 Å². The molecule has 2 heterocycles. The highest BCUT2D eigenvalue weighted by atomic mass is 32.2. The third-order valence-corrected chi connectivity index (χ3v) is 6.27. The maximum absolute atomic E-state index is 13.3. The maximum atomic E-state index is 13.3. The fraction of sp³-hybridized carbons (Fsp3) is 0.304. The van der Waals surface area contributed by atoms with Gasteiger partial charge in [0.1, 0.15) is 0 Å². The number of nitrogens with zero attached hydrogens (tertiary/aromatic N) is 2. The zero-order valence-corrected chi connectivity index (χ0v) is 17.9. The van der Waals surface area contributed by atoms with Gasteiger partial charge in [-0.05, 0) is 42.7 Å². The zero-order chi connectivity index (χ0) is 22.0. The summed E-state index contributed by atoms with van der Waals surface area (Å²) in [5, 5.41) is -0.267. The van der Waals surface area contributed by atoms with E-state index in [-0.39, 0.29) is 35.3 Å². The standard InChI is InChI=1S/C23H22N2O5S/c1-2-30-22(28)18-10-11-24(19-9-4-3-8-17(18)19)21(27)16-7-5-6-15(12-16)13-25-20(26)14-31-23(25)29/h3-9,12,18H,2,10-11,13-14H2,1H3/t18-/m1/s1. The largest absolute Gasteiger partial charge is 0.466 e. The number of para-hydroxylation sites is 1. The van der Waals surface area contributed by atoms with Crippen molar-refractivity contribution >= 4 is 40.5 Å². The van der Waals surface area contributed by atoms with Crippen LogP contribution in [0.3, 0.4) is 0 Å². The Morgan fingerprint density at radius 1 is 1.13 bits per heavy atom. The van der Waals surface area contributed by atoms with Gasteiger partial charge in [-0.3, -0.25) is 24.1 Å². The molecule has 31 heavy (non-hydrogen) atoms. The highest BCUT2D eigenvalue weighted by Gasteiger charge is 2.34. The Morgan fingerprint density at radius 2 is 1.94 bits per heavy atom. The van der Waals surface area contributed by atoms with Crippen molar-refractivity contribution < 1.29 is 23.9 Å². The average Bonchev–Trinajstić information content (AvgIpc) is 3.10. The Kier molecular flexibility index (Phi) is 6.08. The Morgan fingerprint density at radius 3 is 2.68 bits per heavy atom. The predicted molar refractivity (Wildman–Crippen MR) is 117 cm³/mol. The van der Waals surface area contributed by atoms with Crippen LogP contribution in [0.4, 0.5) is 10.5 Å². The van der Waals surface area contributed by atoms with Crippen LogP contribution < -0.4 is 4.90 Å². The summed E-state index contributed by atoms with van der Waals surface area (Å²) in [5.41, 5.74) is 2.66. The van der Waals surface area contributed by atoms with E-state index < -0.39 is 5.92 Å². The fourth-order valence-electron chi connectivity index (χ4n) is 3.94. The van der Waals surface area contributed by atoms with Gasteiger partial charge in [-0.25, -0.2) is 0 Å². The van der Waals surface area contributed by atoms with E-state index in [0.29, 0.717) is 36.4 Å². The number of carbonyl (C=O) groups excluding carboxylic acids is 4. The summed E-state index contributed by atoms with van der Waals surface area (Å²) in [6.07, 6.45) is 0.481. The number of imide groups is 1. The molecule has 2 aromatic rings. The minimum atomic E-state index is -0.392. The second-order valence-corrected chi connectivity index (χ2v) is 8.27. The Bertz CT molecular complexity index is 1040. The lowest BCUT2D eigenvalue weighted by Crippen LogP contribution is -2.38. The molecular formula is C23H22N2O5S. The van der Waals surface area contributed by atoms with Crippen molar-refractivity contribution in [2.45, 2.75) is 25.8 Å². The Labute approximate surface area is 184 Å². The van der Waals surface area contributed by atoms with Crippen molar-refractivity contribution in [2.24, 2.45) is 0 Å². The van der Waals surface area contributed by atoms with Crippen LogP contribution >= 0.6 is 11.8 Å². The van der Waals surface area contributed by atoms with Crippen LogP contribution in [-0.2, 0) is 20.9 Å². The van der Waals surface area contributed by atoms with E-state index in [1.165, 1.54) is 4.90 Å². The van der Waals surface area contributed by atoms with Gasteiger partial charge in [0.25, 0.3) is 11.1 Å². The van der Waals surface area contributed by atoms with E-state index in [1.807, 2.05) is 24.3 Å². The van der Waals surface area contributed by atoms with Crippen molar-refractivity contribution in [3.8, 4) is 0 Å². The van der Waals surface area contributed by atoms with Gasteiger partial charge in [-0.2, -0.15) is 0 Å². The molecule has 1 fully saturated rings. The molecule has 0 spiro atoms. The first-order chi connectivity index (χ1) is 15.0. The van der Waals surface area contributed by atoms with Gasteiger partial charge in [0.2, 0.25) is 5.91 Å². The summed E-state index contributed by atoms with van der Waals surface area (Å²) in [5.74, 6) is -0.922. The number of ether oxygens (including phenoxy) is 1. The van der Waals surface area contributed by atoms with Crippen molar-refractivity contribution in [1.82, 2.24) is 4.90 Å². The molecule has 1 saturated heterocycles. The molecular weight excluding hydrogens is 416 g/mol. The van der Waals surface area contributed by atoms with Crippen molar-refractivity contribution in [1.29, 1.82) is 0 Å². The monoisotopic (exact) mass is 438 g/mol.